The van der Waals surface area contributed by atoms with E-state index in [0.717, 1.165) is 56.8 Å². The second-order valence-electron chi connectivity index (χ2n) is 14.7. The second kappa shape index (κ2) is 18.2. The van der Waals surface area contributed by atoms with Crippen LogP contribution in [0.3, 0.4) is 0 Å². The van der Waals surface area contributed by atoms with Gasteiger partial charge in [-0.15, -0.1) is 0 Å². The van der Waals surface area contributed by atoms with E-state index in [1.54, 1.807) is 48.5 Å². The van der Waals surface area contributed by atoms with E-state index in [2.05, 4.69) is 26.0 Å². The maximum Gasteiger partial charge on any atom is 0.166 e. The molecule has 0 radical (unpaired) electrons. The lowest BCUT2D eigenvalue weighted by atomic mass is 9.68. The smallest absolute Gasteiger partial charge is 0.166 e. The molecule has 2 aliphatic carbocycles. The predicted octanol–water partition coefficient (Wildman–Crippen LogP) is 14.3. The van der Waals surface area contributed by atoms with Crippen molar-refractivity contribution in [3.05, 3.63) is 95.1 Å². The fourth-order valence-electron chi connectivity index (χ4n) is 8.56. The summed E-state index contributed by atoms with van der Waals surface area (Å²) in [5.41, 5.74) is 2.30. The van der Waals surface area contributed by atoms with Crippen molar-refractivity contribution in [2.24, 2.45) is 17.8 Å². The van der Waals surface area contributed by atoms with Crippen LogP contribution in [0.1, 0.15) is 140 Å². The molecule has 0 N–H and O–H groups in total. The maximum atomic E-state index is 15.5. The van der Waals surface area contributed by atoms with E-state index in [1.165, 1.54) is 64.2 Å². The number of benzene rings is 3. The lowest BCUT2D eigenvalue weighted by molar-refractivity contribution is 0.156. The summed E-state index contributed by atoms with van der Waals surface area (Å²) in [4.78, 5) is 0. The highest BCUT2D eigenvalue weighted by molar-refractivity contribution is 5.71. The quantitative estimate of drug-likeness (QED) is 0.0864. The average molecular weight is 661 g/mol. The molecule has 2 fully saturated rings. The van der Waals surface area contributed by atoms with Crippen molar-refractivity contribution < 1.29 is 17.6 Å². The molecule has 0 aliphatic heterocycles. The summed E-state index contributed by atoms with van der Waals surface area (Å²) in [7, 11) is 0. The molecule has 3 aromatic carbocycles. The zero-order valence-corrected chi connectivity index (χ0v) is 29.3. The highest BCUT2D eigenvalue weighted by Gasteiger charge is 2.32. The van der Waals surface area contributed by atoms with Gasteiger partial charge in [-0.25, -0.2) is 17.6 Å². The van der Waals surface area contributed by atoms with Crippen LogP contribution in [-0.4, -0.2) is 0 Å². The van der Waals surface area contributed by atoms with Crippen molar-refractivity contribution in [2.75, 3.05) is 0 Å². The van der Waals surface area contributed by atoms with Crippen molar-refractivity contribution in [1.29, 1.82) is 0 Å². The van der Waals surface area contributed by atoms with Crippen molar-refractivity contribution in [3.8, 4) is 22.3 Å². The molecule has 0 saturated heterocycles. The minimum Gasteiger partial charge on any atom is -0.203 e. The van der Waals surface area contributed by atoms with E-state index >= 15 is 13.2 Å². The van der Waals surface area contributed by atoms with Crippen LogP contribution in [0.5, 0.6) is 0 Å². The molecule has 0 aromatic heterocycles. The second-order valence-corrected chi connectivity index (χ2v) is 14.7. The summed E-state index contributed by atoms with van der Waals surface area (Å²) in [5.74, 6) is -0.805. The summed E-state index contributed by atoms with van der Waals surface area (Å²) in [5, 5.41) is 0. The van der Waals surface area contributed by atoms with Gasteiger partial charge in [0.15, 0.2) is 23.3 Å². The van der Waals surface area contributed by atoms with Gasteiger partial charge in [0, 0.05) is 11.1 Å². The first kappa shape index (κ1) is 36.4. The summed E-state index contributed by atoms with van der Waals surface area (Å²) in [6.07, 6.45) is 24.7. The first-order chi connectivity index (χ1) is 23.4. The monoisotopic (exact) mass is 660 g/mol. The summed E-state index contributed by atoms with van der Waals surface area (Å²) in [6.45, 7) is 4.28. The van der Waals surface area contributed by atoms with E-state index in [1.807, 2.05) is 0 Å². The van der Waals surface area contributed by atoms with Gasteiger partial charge in [0.05, 0.1) is 0 Å². The summed E-state index contributed by atoms with van der Waals surface area (Å²) in [6, 6.07) is 13.4. The fraction of sp³-hybridized carbons (Fsp3) is 0.545. The van der Waals surface area contributed by atoms with E-state index < -0.39 is 23.3 Å². The molecule has 0 unspecified atom stereocenters. The van der Waals surface area contributed by atoms with Crippen molar-refractivity contribution >= 4 is 0 Å². The molecule has 3 aromatic rings. The predicted molar refractivity (Wildman–Crippen MR) is 193 cm³/mol. The Morgan fingerprint density at radius 2 is 1.12 bits per heavy atom. The molecule has 5 rings (SSSR count). The fourth-order valence-corrected chi connectivity index (χ4v) is 8.56. The van der Waals surface area contributed by atoms with Gasteiger partial charge in [0.1, 0.15) is 0 Å². The Kier molecular flexibility index (Phi) is 13.8. The lowest BCUT2D eigenvalue weighted by Gasteiger charge is -2.38. The van der Waals surface area contributed by atoms with Gasteiger partial charge in [-0.05, 0) is 117 Å². The first-order valence-corrected chi connectivity index (χ1v) is 19.1. The Morgan fingerprint density at radius 3 is 1.73 bits per heavy atom. The minimum atomic E-state index is -0.854. The maximum absolute atomic E-state index is 15.5. The summed E-state index contributed by atoms with van der Waals surface area (Å²) >= 11 is 0. The van der Waals surface area contributed by atoms with Gasteiger partial charge >= 0.3 is 0 Å². The van der Waals surface area contributed by atoms with Gasteiger partial charge in [0.25, 0.3) is 0 Å². The largest absolute Gasteiger partial charge is 0.203 e. The first-order valence-electron chi connectivity index (χ1n) is 19.1. The zero-order valence-electron chi connectivity index (χ0n) is 29.3. The van der Waals surface area contributed by atoms with Crippen LogP contribution in [0.2, 0.25) is 0 Å². The number of halogens is 4. The number of rotatable bonds is 15. The molecule has 0 nitrogen and oxygen atoms in total. The van der Waals surface area contributed by atoms with Crippen molar-refractivity contribution in [2.45, 2.75) is 135 Å². The van der Waals surface area contributed by atoms with Gasteiger partial charge in [-0.2, -0.15) is 0 Å². The van der Waals surface area contributed by atoms with Gasteiger partial charge in [-0.1, -0.05) is 119 Å². The SMILES string of the molecule is CC=CCCC1CCC(C2CCC(c3ccc(-c4ccc(-c5ccc(CCCCCCCCC)c(F)c5F)cc4)c(F)c3F)CC2)CC1. The average Bonchev–Trinajstić information content (AvgIpc) is 3.11. The molecule has 2 aliphatic rings. The van der Waals surface area contributed by atoms with Crippen LogP contribution < -0.4 is 0 Å². The molecule has 0 heterocycles. The molecule has 4 heteroatoms. The van der Waals surface area contributed by atoms with Gasteiger partial charge < -0.3 is 0 Å². The Balaban J connectivity index is 1.16. The standard InChI is InChI=1S/C44H56F4/c1-3-5-7-8-9-10-12-14-37-27-28-38(42(46)41(37)45)35-23-25-36(26-24-35)40-30-29-39(43(47)44(40)48)34-21-19-33(20-22-34)32-17-15-31(16-18-32)13-11-6-4-2/h4,6,23-34H,3,5,7-22H2,1-2H3. The van der Waals surface area contributed by atoms with Crippen LogP contribution >= 0.6 is 0 Å². The number of aryl methyl sites for hydroxylation is 1. The van der Waals surface area contributed by atoms with Crippen molar-refractivity contribution in [3.63, 3.8) is 0 Å². The number of hydrogen-bond acceptors (Lipinski definition) is 0. The number of unbranched alkanes of at least 4 members (excludes halogenated alkanes) is 6. The highest BCUT2D eigenvalue weighted by Crippen LogP contribution is 2.45. The number of hydrogen-bond donors (Lipinski definition) is 0. The Hall–Kier alpha value is -2.88. The van der Waals surface area contributed by atoms with Crippen LogP contribution in [-0.2, 0) is 6.42 Å². The van der Waals surface area contributed by atoms with E-state index in [4.69, 9.17) is 0 Å². The molecular formula is C44H56F4. The van der Waals surface area contributed by atoms with Crippen LogP contribution in [0.15, 0.2) is 60.7 Å². The third-order valence-corrected chi connectivity index (χ3v) is 11.6. The Labute approximate surface area is 287 Å². The lowest BCUT2D eigenvalue weighted by Crippen LogP contribution is -2.25. The van der Waals surface area contributed by atoms with Crippen LogP contribution in [0, 0.1) is 41.0 Å². The van der Waals surface area contributed by atoms with Crippen LogP contribution in [0.25, 0.3) is 22.3 Å². The molecule has 0 amide bonds. The third-order valence-electron chi connectivity index (χ3n) is 11.6. The molecule has 48 heavy (non-hydrogen) atoms. The van der Waals surface area contributed by atoms with Gasteiger partial charge in [0.2, 0.25) is 0 Å². The molecule has 260 valence electrons. The topological polar surface area (TPSA) is 0 Å². The molecular weight excluding hydrogens is 604 g/mol. The van der Waals surface area contributed by atoms with Crippen molar-refractivity contribution in [1.82, 2.24) is 0 Å². The molecule has 0 spiro atoms. The third kappa shape index (κ3) is 9.21. The number of allylic oxidation sites excluding steroid dienone is 2. The summed E-state index contributed by atoms with van der Waals surface area (Å²) < 4.78 is 61.2. The Morgan fingerprint density at radius 1 is 0.583 bits per heavy atom. The highest BCUT2D eigenvalue weighted by atomic mass is 19.2. The van der Waals surface area contributed by atoms with Crippen LogP contribution in [0.4, 0.5) is 17.6 Å². The molecule has 2 saturated carbocycles. The normalized spacial score (nSPS) is 21.6. The zero-order chi connectivity index (χ0) is 33.9. The minimum absolute atomic E-state index is 0.0518. The molecule has 0 bridgehead atoms. The van der Waals surface area contributed by atoms with E-state index in [0.29, 0.717) is 34.6 Å². The van der Waals surface area contributed by atoms with Gasteiger partial charge in [-0.3, -0.25) is 0 Å². The molecule has 0 atom stereocenters. The van der Waals surface area contributed by atoms with E-state index in [9.17, 15) is 4.39 Å². The van der Waals surface area contributed by atoms with E-state index in [-0.39, 0.29) is 17.0 Å². The Bertz CT molecular complexity index is 1460.